The maximum atomic E-state index is 11.4. The van der Waals surface area contributed by atoms with E-state index >= 15 is 0 Å². The first-order valence-electron chi connectivity index (χ1n) is 4.30. The standard InChI is InChI=1S/C10H9N2O4.W/c1-16-10(15)8-4-2-3-7(5-8)9(14)12-11-6-13;/h2-5H,1H3,(H,11,13)(H,12,14);/q-1;. The van der Waals surface area contributed by atoms with Crippen LogP contribution in [0.4, 0.5) is 0 Å². The molecule has 0 aromatic heterocycles. The molecule has 0 saturated heterocycles. The van der Waals surface area contributed by atoms with Gasteiger partial charge in [0, 0.05) is 26.6 Å². The molecule has 0 spiro atoms. The number of amides is 2. The number of nitrogens with one attached hydrogen (secondary N) is 2. The quantitative estimate of drug-likeness (QED) is 0.314. The summed E-state index contributed by atoms with van der Waals surface area (Å²) in [4.78, 5) is 32.4. The summed E-state index contributed by atoms with van der Waals surface area (Å²) >= 11 is 0. The number of carbonyl (C=O) groups is 2. The number of hydrogen-bond acceptors (Lipinski definition) is 4. The minimum Gasteiger partial charge on any atom is -0.518 e. The van der Waals surface area contributed by atoms with Crippen LogP contribution < -0.4 is 10.9 Å². The Hall–Kier alpha value is -1.68. The van der Waals surface area contributed by atoms with E-state index in [2.05, 4.69) is 10.2 Å². The van der Waals surface area contributed by atoms with E-state index in [-0.39, 0.29) is 32.2 Å². The zero-order valence-electron chi connectivity index (χ0n) is 8.85. The molecule has 0 aliphatic rings. The summed E-state index contributed by atoms with van der Waals surface area (Å²) in [6.45, 7) is 0. The molecule has 0 aliphatic heterocycles. The van der Waals surface area contributed by atoms with Crippen molar-refractivity contribution in [1.82, 2.24) is 10.9 Å². The number of hydrogen-bond donors (Lipinski definition) is 2. The van der Waals surface area contributed by atoms with Crippen molar-refractivity contribution in [1.29, 1.82) is 0 Å². The van der Waals surface area contributed by atoms with Crippen molar-refractivity contribution in [3.8, 4) is 0 Å². The minimum absolute atomic E-state index is 0. The fraction of sp³-hybridized carbons (Fsp3) is 0.100. The third-order valence-electron chi connectivity index (χ3n) is 1.77. The van der Waals surface area contributed by atoms with Gasteiger partial charge < -0.3 is 15.0 Å². The van der Waals surface area contributed by atoms with E-state index in [1.54, 1.807) is 0 Å². The van der Waals surface area contributed by atoms with E-state index in [0.29, 0.717) is 0 Å². The second kappa shape index (κ2) is 7.57. The molecule has 1 aromatic rings. The fourth-order valence-corrected chi connectivity index (χ4v) is 1.06. The van der Waals surface area contributed by atoms with Gasteiger partial charge >= 0.3 is 5.97 Å². The van der Waals surface area contributed by atoms with E-state index in [9.17, 15) is 14.4 Å². The molecule has 0 fully saturated rings. The van der Waals surface area contributed by atoms with E-state index < -0.39 is 11.9 Å². The SMILES string of the molecule is COC(=O)c1cccc(C(=O)NN[C-]=O)c1.[W]. The third-order valence-corrected chi connectivity index (χ3v) is 1.77. The van der Waals surface area contributed by atoms with E-state index in [4.69, 9.17) is 0 Å². The van der Waals surface area contributed by atoms with Gasteiger partial charge in [-0.1, -0.05) is 6.07 Å². The second-order valence-electron chi connectivity index (χ2n) is 2.75. The van der Waals surface area contributed by atoms with Crippen LogP contribution in [0.15, 0.2) is 24.3 Å². The molecule has 0 bridgehead atoms. The monoisotopic (exact) mass is 405 g/mol. The Bertz CT molecular complexity index is 423. The molecule has 0 unspecified atom stereocenters. The van der Waals surface area contributed by atoms with Gasteiger partial charge in [-0.2, -0.15) is 0 Å². The van der Waals surface area contributed by atoms with Gasteiger partial charge in [-0.3, -0.25) is 10.2 Å². The smallest absolute Gasteiger partial charge is 0.337 e. The Morgan fingerprint density at radius 3 is 2.53 bits per heavy atom. The van der Waals surface area contributed by atoms with Crippen LogP contribution in [0.5, 0.6) is 0 Å². The largest absolute Gasteiger partial charge is 0.518 e. The van der Waals surface area contributed by atoms with Gasteiger partial charge in [0.25, 0.3) is 5.91 Å². The van der Waals surface area contributed by atoms with Crippen molar-refractivity contribution in [3.63, 3.8) is 0 Å². The molecule has 0 heterocycles. The van der Waals surface area contributed by atoms with Crippen LogP contribution in [0.1, 0.15) is 20.7 Å². The number of ether oxygens (including phenoxy) is 1. The first-order chi connectivity index (χ1) is 7.69. The van der Waals surface area contributed by atoms with Gasteiger partial charge in [-0.05, 0) is 18.2 Å². The summed E-state index contributed by atoms with van der Waals surface area (Å²) < 4.78 is 4.50. The number of carbonyl (C=O) groups excluding carboxylic acids is 3. The van der Waals surface area contributed by atoms with Crippen molar-refractivity contribution in [2.75, 3.05) is 7.11 Å². The zero-order chi connectivity index (χ0) is 12.0. The molecule has 7 heteroatoms. The molecule has 2 N–H and O–H groups in total. The molecular weight excluding hydrogens is 396 g/mol. The summed E-state index contributed by atoms with van der Waals surface area (Å²) in [6, 6.07) is 5.90. The zero-order valence-corrected chi connectivity index (χ0v) is 11.8. The maximum Gasteiger partial charge on any atom is 0.337 e. The maximum absolute atomic E-state index is 11.4. The number of hydrazine groups is 1. The molecule has 0 saturated carbocycles. The summed E-state index contributed by atoms with van der Waals surface area (Å²) in [6.07, 6.45) is 1.29. The Morgan fingerprint density at radius 1 is 1.29 bits per heavy atom. The van der Waals surface area contributed by atoms with Crippen molar-refractivity contribution in [2.24, 2.45) is 0 Å². The molecule has 1 rings (SSSR count). The summed E-state index contributed by atoms with van der Waals surface area (Å²) in [5.41, 5.74) is 4.44. The normalized spacial score (nSPS) is 8.53. The molecular formula is C10H9N2O4W-. The van der Waals surface area contributed by atoms with Crippen molar-refractivity contribution in [2.45, 2.75) is 0 Å². The number of rotatable bonds is 4. The van der Waals surface area contributed by atoms with Gasteiger partial charge in [0.05, 0.1) is 12.7 Å². The van der Waals surface area contributed by atoms with Crippen LogP contribution in [0.2, 0.25) is 0 Å². The fourth-order valence-electron chi connectivity index (χ4n) is 1.06. The van der Waals surface area contributed by atoms with Gasteiger partial charge in [0.1, 0.15) is 0 Å². The van der Waals surface area contributed by atoms with Crippen LogP contribution in [0.3, 0.4) is 0 Å². The third kappa shape index (κ3) is 4.36. The van der Waals surface area contributed by atoms with Gasteiger partial charge in [-0.25, -0.2) is 4.79 Å². The van der Waals surface area contributed by atoms with Gasteiger partial charge in [0.2, 0.25) is 0 Å². The number of methoxy groups -OCH3 is 1. The number of esters is 1. The van der Waals surface area contributed by atoms with Gasteiger partial charge in [-0.15, -0.1) is 6.41 Å². The van der Waals surface area contributed by atoms with E-state index in [0.717, 1.165) is 0 Å². The Morgan fingerprint density at radius 2 is 1.94 bits per heavy atom. The predicted molar refractivity (Wildman–Crippen MR) is 54.1 cm³/mol. The van der Waals surface area contributed by atoms with Gasteiger partial charge in [0.15, 0.2) is 0 Å². The van der Waals surface area contributed by atoms with Crippen molar-refractivity contribution in [3.05, 3.63) is 35.4 Å². The summed E-state index contributed by atoms with van der Waals surface area (Å²) in [5, 5.41) is 0. The molecule has 1 aromatic carbocycles. The van der Waals surface area contributed by atoms with Crippen molar-refractivity contribution < 1.29 is 40.2 Å². The topological polar surface area (TPSA) is 84.5 Å². The average Bonchev–Trinajstić information content (AvgIpc) is 2.35. The second-order valence-corrected chi connectivity index (χ2v) is 2.75. The number of benzene rings is 1. The molecule has 0 aliphatic carbocycles. The molecule has 90 valence electrons. The summed E-state index contributed by atoms with van der Waals surface area (Å²) in [5.74, 6) is -1.08. The van der Waals surface area contributed by atoms with Crippen LogP contribution in [-0.2, 0) is 30.6 Å². The molecule has 0 atom stereocenters. The molecule has 17 heavy (non-hydrogen) atoms. The Balaban J connectivity index is 0.00000256. The van der Waals surface area contributed by atoms with E-state index in [1.165, 1.54) is 37.8 Å². The first kappa shape index (κ1) is 15.3. The Labute approximate surface area is 112 Å². The first-order valence-corrected chi connectivity index (χ1v) is 4.30. The van der Waals surface area contributed by atoms with Crippen LogP contribution >= 0.6 is 0 Å². The van der Waals surface area contributed by atoms with Crippen LogP contribution in [0, 0.1) is 0 Å². The molecule has 6 nitrogen and oxygen atoms in total. The van der Waals surface area contributed by atoms with Crippen LogP contribution in [-0.4, -0.2) is 25.4 Å². The van der Waals surface area contributed by atoms with Crippen molar-refractivity contribution >= 4 is 18.3 Å². The Kier molecular flexibility index (Phi) is 6.82. The van der Waals surface area contributed by atoms with Crippen LogP contribution in [0.25, 0.3) is 0 Å². The predicted octanol–water partition coefficient (Wildman–Crippen LogP) is -0.228. The minimum atomic E-state index is -0.547. The molecule has 2 amide bonds. The molecule has 0 radical (unpaired) electrons. The summed E-state index contributed by atoms with van der Waals surface area (Å²) in [7, 11) is 1.25. The average molecular weight is 405 g/mol. The van der Waals surface area contributed by atoms with E-state index in [1.807, 2.05) is 5.43 Å².